The van der Waals surface area contributed by atoms with Crippen molar-refractivity contribution in [2.45, 2.75) is 18.9 Å². The van der Waals surface area contributed by atoms with E-state index in [1.54, 1.807) is 0 Å². The van der Waals surface area contributed by atoms with Crippen LogP contribution in [0.4, 0.5) is 11.4 Å². The van der Waals surface area contributed by atoms with Crippen LogP contribution in [0.15, 0.2) is 42.5 Å². The monoisotopic (exact) mass is 417 g/mol. The molecule has 1 fully saturated rings. The Morgan fingerprint density at radius 2 is 1.86 bits per heavy atom. The van der Waals surface area contributed by atoms with Gasteiger partial charge in [-0.05, 0) is 18.2 Å². The second kappa shape index (κ2) is 9.24. The largest absolute Gasteiger partial charge is 0.378 e. The van der Waals surface area contributed by atoms with Crippen molar-refractivity contribution in [2.75, 3.05) is 38.6 Å². The molecular weight excluding hydrogens is 392 g/mol. The van der Waals surface area contributed by atoms with Crippen molar-refractivity contribution in [3.05, 3.63) is 68.7 Å². The molecule has 2 aromatic rings. The first kappa shape index (κ1) is 21.1. The van der Waals surface area contributed by atoms with E-state index in [2.05, 4.69) is 29.6 Å². The minimum Gasteiger partial charge on any atom is -0.378 e. The Labute approximate surface area is 175 Å². The summed E-state index contributed by atoms with van der Waals surface area (Å²) in [7, 11) is 4.00. The number of carbonyl (C=O) groups is 1. The zero-order chi connectivity index (χ0) is 21.0. The molecule has 0 unspecified atom stereocenters. The number of halogens is 1. The third kappa shape index (κ3) is 5.05. The highest BCUT2D eigenvalue weighted by molar-refractivity contribution is 6.33. The van der Waals surface area contributed by atoms with Gasteiger partial charge in [0, 0.05) is 50.3 Å². The van der Waals surface area contributed by atoms with E-state index in [4.69, 9.17) is 11.6 Å². The third-order valence-corrected chi connectivity index (χ3v) is 5.75. The van der Waals surface area contributed by atoms with Crippen LogP contribution in [0, 0.1) is 10.1 Å². The third-order valence-electron chi connectivity index (χ3n) is 5.42. The van der Waals surface area contributed by atoms with E-state index in [0.29, 0.717) is 6.54 Å². The second-order valence-electron chi connectivity index (χ2n) is 7.54. The predicted molar refractivity (Wildman–Crippen MR) is 114 cm³/mol. The number of amides is 1. The van der Waals surface area contributed by atoms with Crippen molar-refractivity contribution in [1.82, 2.24) is 5.32 Å². The molecule has 1 aliphatic heterocycles. The van der Waals surface area contributed by atoms with Gasteiger partial charge in [0.25, 0.3) is 11.6 Å². The molecule has 1 amide bonds. The molecule has 1 heterocycles. The Morgan fingerprint density at radius 3 is 2.45 bits per heavy atom. The number of quaternary nitrogens is 1. The van der Waals surface area contributed by atoms with Crippen LogP contribution < -0.4 is 15.1 Å². The van der Waals surface area contributed by atoms with E-state index < -0.39 is 10.8 Å². The quantitative estimate of drug-likeness (QED) is 0.535. The summed E-state index contributed by atoms with van der Waals surface area (Å²) in [6.45, 7) is 2.57. The molecule has 1 saturated heterocycles. The van der Waals surface area contributed by atoms with Gasteiger partial charge >= 0.3 is 0 Å². The van der Waals surface area contributed by atoms with E-state index in [9.17, 15) is 14.9 Å². The van der Waals surface area contributed by atoms with E-state index >= 15 is 0 Å². The van der Waals surface area contributed by atoms with Gasteiger partial charge in [-0.1, -0.05) is 23.7 Å². The predicted octanol–water partition coefficient (Wildman–Crippen LogP) is 2.46. The SMILES string of the molecule is CN(C)c1ccc([C@H](CNC(=O)c2cc([N+](=O)[O-])ccc2Cl)[NH+]2CCCC2)cc1. The zero-order valence-electron chi connectivity index (χ0n) is 16.7. The number of nitro groups is 1. The minimum absolute atomic E-state index is 0.120. The lowest BCUT2D eigenvalue weighted by Gasteiger charge is -2.26. The number of hydrogen-bond donors (Lipinski definition) is 2. The fraction of sp³-hybridized carbons (Fsp3) is 0.381. The zero-order valence-corrected chi connectivity index (χ0v) is 17.4. The number of likely N-dealkylation sites (tertiary alicyclic amines) is 1. The number of non-ortho nitro benzene ring substituents is 1. The highest BCUT2D eigenvalue weighted by Crippen LogP contribution is 2.22. The van der Waals surface area contributed by atoms with Crippen LogP contribution in [0.2, 0.25) is 5.02 Å². The lowest BCUT2D eigenvalue weighted by atomic mass is 10.0. The van der Waals surface area contributed by atoms with Gasteiger partial charge in [0.15, 0.2) is 0 Å². The Balaban J connectivity index is 1.77. The molecule has 0 spiro atoms. The molecule has 2 N–H and O–H groups in total. The number of hydrogen-bond acceptors (Lipinski definition) is 4. The average molecular weight is 418 g/mol. The average Bonchev–Trinajstić information content (AvgIpc) is 3.23. The molecule has 154 valence electrons. The van der Waals surface area contributed by atoms with Crippen molar-refractivity contribution < 1.29 is 14.6 Å². The van der Waals surface area contributed by atoms with Crippen molar-refractivity contribution in [3.63, 3.8) is 0 Å². The Kier molecular flexibility index (Phi) is 6.71. The normalized spacial score (nSPS) is 15.1. The molecule has 1 aliphatic rings. The van der Waals surface area contributed by atoms with Crippen molar-refractivity contribution in [1.29, 1.82) is 0 Å². The summed E-state index contributed by atoms with van der Waals surface area (Å²) in [5.74, 6) is -0.396. The molecule has 2 aromatic carbocycles. The Morgan fingerprint density at radius 1 is 1.21 bits per heavy atom. The van der Waals surface area contributed by atoms with Gasteiger partial charge in [0.1, 0.15) is 6.04 Å². The van der Waals surface area contributed by atoms with Crippen LogP contribution in [-0.4, -0.2) is 44.6 Å². The van der Waals surface area contributed by atoms with Gasteiger partial charge in [-0.3, -0.25) is 14.9 Å². The van der Waals surface area contributed by atoms with E-state index in [1.165, 1.54) is 35.9 Å². The highest BCUT2D eigenvalue weighted by Gasteiger charge is 2.28. The molecule has 8 heteroatoms. The molecule has 1 atom stereocenters. The first-order valence-corrected chi connectivity index (χ1v) is 10.1. The number of carbonyl (C=O) groups excluding carboxylic acids is 1. The maximum atomic E-state index is 12.7. The molecule has 0 radical (unpaired) electrons. The molecule has 0 aliphatic carbocycles. The lowest BCUT2D eigenvalue weighted by molar-refractivity contribution is -0.918. The molecule has 0 aromatic heterocycles. The summed E-state index contributed by atoms with van der Waals surface area (Å²) in [6.07, 6.45) is 2.35. The van der Waals surface area contributed by atoms with E-state index in [1.807, 2.05) is 19.0 Å². The van der Waals surface area contributed by atoms with Gasteiger partial charge in [0.05, 0.1) is 35.1 Å². The highest BCUT2D eigenvalue weighted by atomic mass is 35.5. The fourth-order valence-electron chi connectivity index (χ4n) is 3.77. The molecular formula is C21H26ClN4O3+. The van der Waals surface area contributed by atoms with Gasteiger partial charge in [0.2, 0.25) is 0 Å². The number of anilines is 1. The van der Waals surface area contributed by atoms with Crippen molar-refractivity contribution >= 4 is 28.9 Å². The van der Waals surface area contributed by atoms with Gasteiger partial charge < -0.3 is 15.1 Å². The summed E-state index contributed by atoms with van der Waals surface area (Å²) in [5.41, 5.74) is 2.26. The number of rotatable bonds is 7. The number of nitrogens with one attached hydrogen (secondary N) is 2. The molecule has 29 heavy (non-hydrogen) atoms. The van der Waals surface area contributed by atoms with Crippen molar-refractivity contribution in [2.24, 2.45) is 0 Å². The number of benzene rings is 2. The maximum absolute atomic E-state index is 12.7. The van der Waals surface area contributed by atoms with Crippen molar-refractivity contribution in [3.8, 4) is 0 Å². The topological polar surface area (TPSA) is 79.9 Å². The van der Waals surface area contributed by atoms with Crippen LogP contribution in [0.5, 0.6) is 0 Å². The first-order chi connectivity index (χ1) is 13.9. The summed E-state index contributed by atoms with van der Waals surface area (Å²) < 4.78 is 0. The summed E-state index contributed by atoms with van der Waals surface area (Å²) >= 11 is 6.11. The number of nitrogens with zero attached hydrogens (tertiary/aromatic N) is 2. The van der Waals surface area contributed by atoms with E-state index in [-0.39, 0.29) is 22.3 Å². The summed E-state index contributed by atoms with van der Waals surface area (Å²) in [5, 5.41) is 14.2. The summed E-state index contributed by atoms with van der Waals surface area (Å²) in [4.78, 5) is 26.7. The second-order valence-corrected chi connectivity index (χ2v) is 7.94. The van der Waals surface area contributed by atoms with Crippen LogP contribution in [-0.2, 0) is 0 Å². The van der Waals surface area contributed by atoms with Crippen LogP contribution in [0.3, 0.4) is 0 Å². The van der Waals surface area contributed by atoms with Crippen LogP contribution in [0.25, 0.3) is 0 Å². The smallest absolute Gasteiger partial charge is 0.270 e. The number of nitro benzene ring substituents is 1. The molecule has 7 nitrogen and oxygen atoms in total. The van der Waals surface area contributed by atoms with Gasteiger partial charge in [-0.2, -0.15) is 0 Å². The van der Waals surface area contributed by atoms with E-state index in [0.717, 1.165) is 24.3 Å². The Bertz CT molecular complexity index is 880. The minimum atomic E-state index is -0.531. The molecule has 3 rings (SSSR count). The maximum Gasteiger partial charge on any atom is 0.270 e. The summed E-state index contributed by atoms with van der Waals surface area (Å²) in [6, 6.07) is 12.4. The first-order valence-electron chi connectivity index (χ1n) is 9.71. The van der Waals surface area contributed by atoms with Gasteiger partial charge in [-0.15, -0.1) is 0 Å². The van der Waals surface area contributed by atoms with Crippen LogP contribution in [0.1, 0.15) is 34.8 Å². The standard InChI is InChI=1S/C21H25ClN4O3/c1-24(2)16-7-5-15(6-8-16)20(25-11-3-4-12-25)14-23-21(27)18-13-17(26(28)29)9-10-19(18)22/h5-10,13,20H,3-4,11-12,14H2,1-2H3,(H,23,27)/p+1/t20-/m0/s1. The van der Waals surface area contributed by atoms with Gasteiger partial charge in [-0.25, -0.2) is 0 Å². The molecule has 0 saturated carbocycles. The fourth-order valence-corrected chi connectivity index (χ4v) is 3.97. The molecule has 0 bridgehead atoms. The Hall–Kier alpha value is -2.64. The van der Waals surface area contributed by atoms with Crippen LogP contribution >= 0.6 is 11.6 Å². The lowest BCUT2D eigenvalue weighted by Crippen LogP contribution is -3.11.